The Morgan fingerprint density at radius 1 is 1.04 bits per heavy atom. The number of ether oxygens (including phenoxy) is 2. The highest BCUT2D eigenvalue weighted by Gasteiger charge is 2.18. The Labute approximate surface area is 152 Å². The Morgan fingerprint density at radius 3 is 2.59 bits per heavy atom. The molecule has 0 aromatic heterocycles. The number of fused-ring (bicyclic) bond motifs is 1. The van der Waals surface area contributed by atoms with Gasteiger partial charge in [0.05, 0.1) is 6.10 Å². The number of carbonyl (C=O) groups excluding carboxylic acids is 2. The molecule has 2 aromatic carbocycles. The van der Waals surface area contributed by atoms with Crippen LogP contribution in [0, 0.1) is 11.6 Å². The molecule has 3 N–H and O–H groups in total. The Morgan fingerprint density at radius 2 is 1.81 bits per heavy atom. The third-order valence-electron chi connectivity index (χ3n) is 3.87. The van der Waals surface area contributed by atoms with Crippen molar-refractivity contribution in [3.05, 3.63) is 53.6 Å². The van der Waals surface area contributed by atoms with Crippen LogP contribution in [0.5, 0.6) is 11.5 Å². The van der Waals surface area contributed by atoms with Crippen LogP contribution >= 0.6 is 0 Å². The number of nitrogens with one attached hydrogen (secondary N) is 2. The normalized spacial score (nSPS) is 13.1. The van der Waals surface area contributed by atoms with Crippen LogP contribution in [0.25, 0.3) is 0 Å². The van der Waals surface area contributed by atoms with E-state index in [1.54, 1.807) is 18.2 Å². The van der Waals surface area contributed by atoms with Crippen molar-refractivity contribution in [2.75, 3.05) is 18.7 Å². The van der Waals surface area contributed by atoms with Gasteiger partial charge in [-0.2, -0.15) is 0 Å². The van der Waals surface area contributed by atoms with Gasteiger partial charge in [-0.3, -0.25) is 9.59 Å². The number of hydrogen-bond acceptors (Lipinski definition) is 5. The molecule has 1 aliphatic heterocycles. The zero-order valence-electron chi connectivity index (χ0n) is 14.0. The molecule has 0 bridgehead atoms. The lowest BCUT2D eigenvalue weighted by atomic mass is 10.1. The second-order valence-electron chi connectivity index (χ2n) is 5.76. The summed E-state index contributed by atoms with van der Waals surface area (Å²) in [5.74, 6) is -3.07. The summed E-state index contributed by atoms with van der Waals surface area (Å²) in [6.07, 6.45) is -0.724. The molecule has 1 heterocycles. The molecule has 0 radical (unpaired) electrons. The summed E-state index contributed by atoms with van der Waals surface area (Å²) in [6.45, 7) is 0.150. The fourth-order valence-corrected chi connectivity index (χ4v) is 2.45. The molecule has 0 saturated carbocycles. The van der Waals surface area contributed by atoms with E-state index in [2.05, 4.69) is 10.6 Å². The minimum atomic E-state index is -1.14. The summed E-state index contributed by atoms with van der Waals surface area (Å²) in [6, 6.07) is 7.73. The van der Waals surface area contributed by atoms with E-state index < -0.39 is 29.6 Å². The first kappa shape index (κ1) is 18.6. The fourth-order valence-electron chi connectivity index (χ4n) is 2.45. The van der Waals surface area contributed by atoms with E-state index >= 15 is 0 Å². The second kappa shape index (κ2) is 8.00. The molecule has 1 atom stereocenters. The molecule has 9 heteroatoms. The summed E-state index contributed by atoms with van der Waals surface area (Å²) in [5, 5.41) is 14.7. The lowest BCUT2D eigenvalue weighted by molar-refractivity contribution is -0.136. The average molecular weight is 378 g/mol. The summed E-state index contributed by atoms with van der Waals surface area (Å²) < 4.78 is 36.4. The fraction of sp³-hybridized carbons (Fsp3) is 0.222. The third-order valence-corrected chi connectivity index (χ3v) is 3.87. The summed E-state index contributed by atoms with van der Waals surface area (Å²) >= 11 is 0. The third kappa shape index (κ3) is 4.50. The SMILES string of the molecule is O=C(NCCC(O)c1ccc2c(c1)OCO2)C(=O)Nc1ccc(F)c(F)c1. The van der Waals surface area contributed by atoms with Crippen LogP contribution < -0.4 is 20.1 Å². The van der Waals surface area contributed by atoms with E-state index in [-0.39, 0.29) is 25.4 Å². The van der Waals surface area contributed by atoms with Crippen LogP contribution in [0.1, 0.15) is 18.1 Å². The average Bonchev–Trinajstić information content (AvgIpc) is 3.12. The van der Waals surface area contributed by atoms with Gasteiger partial charge < -0.3 is 25.2 Å². The molecular weight excluding hydrogens is 362 g/mol. The van der Waals surface area contributed by atoms with Crippen molar-refractivity contribution in [2.45, 2.75) is 12.5 Å². The summed E-state index contributed by atoms with van der Waals surface area (Å²) in [5.41, 5.74) is 0.536. The highest BCUT2D eigenvalue weighted by Crippen LogP contribution is 2.34. The van der Waals surface area contributed by atoms with Crippen molar-refractivity contribution in [1.29, 1.82) is 0 Å². The minimum absolute atomic E-state index is 0.0274. The number of carbonyl (C=O) groups is 2. The summed E-state index contributed by atoms with van der Waals surface area (Å²) in [4.78, 5) is 23.5. The van der Waals surface area contributed by atoms with E-state index in [1.165, 1.54) is 0 Å². The number of anilines is 1. The van der Waals surface area contributed by atoms with Crippen LogP contribution in [0.15, 0.2) is 36.4 Å². The van der Waals surface area contributed by atoms with E-state index in [0.717, 1.165) is 18.2 Å². The van der Waals surface area contributed by atoms with Crippen molar-refractivity contribution in [3.63, 3.8) is 0 Å². The van der Waals surface area contributed by atoms with E-state index in [9.17, 15) is 23.5 Å². The molecule has 0 spiro atoms. The quantitative estimate of drug-likeness (QED) is 0.691. The molecule has 7 nitrogen and oxygen atoms in total. The molecule has 2 amide bonds. The predicted molar refractivity (Wildman–Crippen MR) is 90.1 cm³/mol. The molecule has 0 saturated heterocycles. The van der Waals surface area contributed by atoms with Crippen LogP contribution in [0.2, 0.25) is 0 Å². The van der Waals surface area contributed by atoms with Gasteiger partial charge in [-0.1, -0.05) is 6.07 Å². The van der Waals surface area contributed by atoms with Gasteiger partial charge in [0.1, 0.15) is 0 Å². The highest BCUT2D eigenvalue weighted by molar-refractivity contribution is 6.39. The molecule has 3 rings (SSSR count). The second-order valence-corrected chi connectivity index (χ2v) is 5.76. The number of halogens is 2. The topological polar surface area (TPSA) is 96.9 Å². The zero-order valence-corrected chi connectivity index (χ0v) is 14.0. The van der Waals surface area contributed by atoms with Gasteiger partial charge >= 0.3 is 11.8 Å². The number of amides is 2. The maximum absolute atomic E-state index is 13.1. The largest absolute Gasteiger partial charge is 0.454 e. The molecule has 1 unspecified atom stereocenters. The zero-order chi connectivity index (χ0) is 19.4. The van der Waals surface area contributed by atoms with Crippen LogP contribution in [0.4, 0.5) is 14.5 Å². The minimum Gasteiger partial charge on any atom is -0.454 e. The van der Waals surface area contributed by atoms with E-state index in [1.807, 2.05) is 0 Å². The Bertz CT molecular complexity index is 875. The molecule has 0 fully saturated rings. The number of aliphatic hydroxyl groups is 1. The van der Waals surface area contributed by atoms with Crippen LogP contribution in [0.3, 0.4) is 0 Å². The first-order valence-corrected chi connectivity index (χ1v) is 8.06. The molecule has 1 aliphatic rings. The Hall–Kier alpha value is -3.20. The lowest BCUT2D eigenvalue weighted by Gasteiger charge is -2.12. The number of aliphatic hydroxyl groups excluding tert-OH is 1. The van der Waals surface area contributed by atoms with Crippen molar-refractivity contribution in [3.8, 4) is 11.5 Å². The van der Waals surface area contributed by atoms with Crippen molar-refractivity contribution in [1.82, 2.24) is 5.32 Å². The van der Waals surface area contributed by atoms with Gasteiger partial charge in [0.25, 0.3) is 0 Å². The van der Waals surface area contributed by atoms with Gasteiger partial charge in [0, 0.05) is 18.3 Å². The Balaban J connectivity index is 1.47. The van der Waals surface area contributed by atoms with Crippen molar-refractivity contribution in [2.24, 2.45) is 0 Å². The van der Waals surface area contributed by atoms with Gasteiger partial charge in [-0.05, 0) is 36.2 Å². The monoisotopic (exact) mass is 378 g/mol. The Kier molecular flexibility index (Phi) is 5.51. The van der Waals surface area contributed by atoms with E-state index in [4.69, 9.17) is 9.47 Å². The predicted octanol–water partition coefficient (Wildman–Crippen LogP) is 1.87. The molecule has 142 valence electrons. The van der Waals surface area contributed by atoms with Crippen molar-refractivity contribution < 1.29 is 33.0 Å². The van der Waals surface area contributed by atoms with Gasteiger partial charge in [-0.25, -0.2) is 8.78 Å². The van der Waals surface area contributed by atoms with E-state index in [0.29, 0.717) is 17.1 Å². The summed E-state index contributed by atoms with van der Waals surface area (Å²) in [7, 11) is 0. The smallest absolute Gasteiger partial charge is 0.313 e. The van der Waals surface area contributed by atoms with Gasteiger partial charge in [-0.15, -0.1) is 0 Å². The molecular formula is C18H16F2N2O5. The number of benzene rings is 2. The highest BCUT2D eigenvalue weighted by atomic mass is 19.2. The maximum Gasteiger partial charge on any atom is 0.313 e. The first-order chi connectivity index (χ1) is 12.9. The lowest BCUT2D eigenvalue weighted by Crippen LogP contribution is -2.36. The number of hydrogen-bond donors (Lipinski definition) is 3. The number of rotatable bonds is 5. The van der Waals surface area contributed by atoms with Crippen molar-refractivity contribution >= 4 is 17.5 Å². The van der Waals surface area contributed by atoms with Gasteiger partial charge in [0.2, 0.25) is 6.79 Å². The van der Waals surface area contributed by atoms with Crippen LogP contribution in [-0.2, 0) is 9.59 Å². The molecule has 27 heavy (non-hydrogen) atoms. The first-order valence-electron chi connectivity index (χ1n) is 8.06. The maximum atomic E-state index is 13.1. The standard InChI is InChI=1S/C18H16F2N2O5/c19-12-3-2-11(8-13(12)20)22-18(25)17(24)21-6-5-14(23)10-1-4-15-16(7-10)27-9-26-15/h1-4,7-8,14,23H,5-6,9H2,(H,21,24)(H,22,25). The molecule has 0 aliphatic carbocycles. The van der Waals surface area contributed by atoms with Gasteiger partial charge in [0.15, 0.2) is 23.1 Å². The van der Waals surface area contributed by atoms with Crippen LogP contribution in [-0.4, -0.2) is 30.3 Å². The molecule has 2 aromatic rings.